The van der Waals surface area contributed by atoms with Crippen molar-refractivity contribution in [2.24, 2.45) is 5.92 Å². The second-order valence-electron chi connectivity index (χ2n) is 6.07. The van der Waals surface area contributed by atoms with E-state index in [1.807, 2.05) is 28.5 Å². The molecule has 3 rings (SSSR count). The highest BCUT2D eigenvalue weighted by Crippen LogP contribution is 2.18. The molecule has 2 aromatic heterocycles. The summed E-state index contributed by atoms with van der Waals surface area (Å²) >= 11 is 1.60. The van der Waals surface area contributed by atoms with Gasteiger partial charge in [-0.25, -0.2) is 0 Å². The Morgan fingerprint density at radius 2 is 2.12 bits per heavy atom. The molecule has 0 atom stereocenters. The second kappa shape index (κ2) is 8.58. The molecule has 0 saturated carbocycles. The third-order valence-corrected chi connectivity index (χ3v) is 5.15. The number of piperidine rings is 1. The number of hydrogen-bond acceptors (Lipinski definition) is 4. The number of aromatic nitrogens is 1. The Labute approximate surface area is 151 Å². The van der Waals surface area contributed by atoms with E-state index in [1.165, 1.54) is 0 Å². The van der Waals surface area contributed by atoms with Crippen molar-refractivity contribution >= 4 is 29.2 Å². The predicted octanol–water partition coefficient (Wildman–Crippen LogP) is 2.82. The van der Waals surface area contributed by atoms with Gasteiger partial charge in [-0.15, -0.1) is 11.3 Å². The first-order valence-electron chi connectivity index (χ1n) is 8.41. The van der Waals surface area contributed by atoms with Gasteiger partial charge in [0.15, 0.2) is 0 Å². The molecule has 6 heteroatoms. The normalized spacial score (nSPS) is 15.4. The van der Waals surface area contributed by atoms with E-state index in [1.54, 1.807) is 41.9 Å². The highest BCUT2D eigenvalue weighted by molar-refractivity contribution is 7.10. The molecule has 3 heterocycles. The van der Waals surface area contributed by atoms with Gasteiger partial charge in [0.05, 0.1) is 5.56 Å². The van der Waals surface area contributed by atoms with E-state index in [0.717, 1.165) is 30.8 Å². The summed E-state index contributed by atoms with van der Waals surface area (Å²) in [5, 5.41) is 4.94. The molecule has 25 heavy (non-hydrogen) atoms. The fraction of sp³-hybridized carbons (Fsp3) is 0.316. The molecule has 1 fully saturated rings. The Balaban J connectivity index is 1.40. The minimum absolute atomic E-state index is 0.0365. The number of likely N-dealkylation sites (tertiary alicyclic amines) is 1. The van der Waals surface area contributed by atoms with Crippen LogP contribution >= 0.6 is 11.3 Å². The number of nitrogens with zero attached hydrogens (tertiary/aromatic N) is 2. The van der Waals surface area contributed by atoms with E-state index < -0.39 is 0 Å². The summed E-state index contributed by atoms with van der Waals surface area (Å²) in [5.74, 6) is 0.383. The van der Waals surface area contributed by atoms with E-state index in [0.29, 0.717) is 18.0 Å². The van der Waals surface area contributed by atoms with Gasteiger partial charge in [0.25, 0.3) is 5.91 Å². The Kier molecular flexibility index (Phi) is 5.95. The van der Waals surface area contributed by atoms with E-state index in [2.05, 4.69) is 10.3 Å². The van der Waals surface area contributed by atoms with Crippen molar-refractivity contribution in [2.45, 2.75) is 12.8 Å². The summed E-state index contributed by atoms with van der Waals surface area (Å²) in [4.78, 5) is 31.2. The zero-order valence-electron chi connectivity index (χ0n) is 13.9. The number of nitrogens with one attached hydrogen (secondary N) is 1. The minimum Gasteiger partial charge on any atom is -0.352 e. The Morgan fingerprint density at radius 3 is 2.80 bits per heavy atom. The van der Waals surface area contributed by atoms with Crippen molar-refractivity contribution in [3.05, 3.63) is 58.6 Å². The quantitative estimate of drug-likeness (QED) is 0.839. The number of hydrogen-bond donors (Lipinski definition) is 1. The van der Waals surface area contributed by atoms with Crippen molar-refractivity contribution in [1.29, 1.82) is 0 Å². The first-order chi connectivity index (χ1) is 12.2. The summed E-state index contributed by atoms with van der Waals surface area (Å²) in [5.41, 5.74) is 0.632. The van der Waals surface area contributed by atoms with Crippen LogP contribution < -0.4 is 5.32 Å². The molecule has 1 N–H and O–H groups in total. The standard InChI is InChI=1S/C19H21N3O2S/c23-18(6-5-17-4-2-12-25-17)21-13-15-7-10-22(11-8-15)19(24)16-3-1-9-20-14-16/h1-6,9,12,14-15H,7-8,10-11,13H2,(H,21,23)/b6-5+. The number of pyridine rings is 1. The molecule has 0 unspecified atom stereocenters. The molecular weight excluding hydrogens is 334 g/mol. The third-order valence-electron chi connectivity index (χ3n) is 4.32. The van der Waals surface area contributed by atoms with Gasteiger partial charge in [-0.2, -0.15) is 0 Å². The van der Waals surface area contributed by atoms with E-state index in [9.17, 15) is 9.59 Å². The van der Waals surface area contributed by atoms with Crippen LogP contribution in [-0.2, 0) is 4.79 Å². The van der Waals surface area contributed by atoms with E-state index >= 15 is 0 Å². The highest BCUT2D eigenvalue weighted by Gasteiger charge is 2.23. The lowest BCUT2D eigenvalue weighted by molar-refractivity contribution is -0.116. The summed E-state index contributed by atoms with van der Waals surface area (Å²) in [6.07, 6.45) is 8.48. The summed E-state index contributed by atoms with van der Waals surface area (Å²) in [6, 6.07) is 7.51. The van der Waals surface area contributed by atoms with Crippen molar-refractivity contribution in [3.8, 4) is 0 Å². The maximum Gasteiger partial charge on any atom is 0.255 e. The van der Waals surface area contributed by atoms with Crippen LogP contribution in [0.25, 0.3) is 6.08 Å². The number of thiophene rings is 1. The monoisotopic (exact) mass is 355 g/mol. The minimum atomic E-state index is -0.0673. The van der Waals surface area contributed by atoms with E-state index in [4.69, 9.17) is 0 Å². The molecule has 5 nitrogen and oxygen atoms in total. The highest BCUT2D eigenvalue weighted by atomic mass is 32.1. The summed E-state index contributed by atoms with van der Waals surface area (Å²) in [6.45, 7) is 2.10. The maximum atomic E-state index is 12.4. The average molecular weight is 355 g/mol. The van der Waals surface area contributed by atoms with Gasteiger partial charge in [-0.05, 0) is 48.4 Å². The summed E-state index contributed by atoms with van der Waals surface area (Å²) in [7, 11) is 0. The lowest BCUT2D eigenvalue weighted by Crippen LogP contribution is -2.41. The number of carbonyl (C=O) groups is 2. The fourth-order valence-corrected chi connectivity index (χ4v) is 3.48. The smallest absolute Gasteiger partial charge is 0.255 e. The van der Waals surface area contributed by atoms with Crippen LogP contribution in [0, 0.1) is 5.92 Å². The molecule has 0 aromatic carbocycles. The van der Waals surface area contributed by atoms with Crippen LogP contribution in [0.2, 0.25) is 0 Å². The predicted molar refractivity (Wildman–Crippen MR) is 99.2 cm³/mol. The van der Waals surface area contributed by atoms with Crippen molar-refractivity contribution in [1.82, 2.24) is 15.2 Å². The third kappa shape index (κ3) is 5.00. The molecule has 1 saturated heterocycles. The van der Waals surface area contributed by atoms with Crippen LogP contribution in [-0.4, -0.2) is 41.3 Å². The Bertz CT molecular complexity index is 720. The van der Waals surface area contributed by atoms with Crippen molar-refractivity contribution in [3.63, 3.8) is 0 Å². The zero-order chi connectivity index (χ0) is 17.5. The molecule has 0 bridgehead atoms. The number of amides is 2. The maximum absolute atomic E-state index is 12.4. The van der Waals surface area contributed by atoms with Crippen molar-refractivity contribution < 1.29 is 9.59 Å². The Morgan fingerprint density at radius 1 is 1.28 bits per heavy atom. The molecule has 0 spiro atoms. The first kappa shape index (κ1) is 17.4. The van der Waals surface area contributed by atoms with Crippen LogP contribution in [0.3, 0.4) is 0 Å². The molecule has 2 amide bonds. The van der Waals surface area contributed by atoms with Gasteiger partial charge in [-0.1, -0.05) is 6.07 Å². The molecule has 0 aliphatic carbocycles. The average Bonchev–Trinajstić information content (AvgIpc) is 3.19. The molecule has 1 aliphatic rings. The van der Waals surface area contributed by atoms with Gasteiger partial charge in [-0.3, -0.25) is 14.6 Å². The molecule has 130 valence electrons. The van der Waals surface area contributed by atoms with Crippen molar-refractivity contribution in [2.75, 3.05) is 19.6 Å². The largest absolute Gasteiger partial charge is 0.352 e. The van der Waals surface area contributed by atoms with Crippen LogP contribution in [0.4, 0.5) is 0 Å². The lowest BCUT2D eigenvalue weighted by atomic mass is 9.96. The van der Waals surface area contributed by atoms with Gasteiger partial charge in [0.1, 0.15) is 0 Å². The Hall–Kier alpha value is -2.47. The van der Waals surface area contributed by atoms with Gasteiger partial charge >= 0.3 is 0 Å². The fourth-order valence-electron chi connectivity index (χ4n) is 2.86. The van der Waals surface area contributed by atoms with Crippen LogP contribution in [0.15, 0.2) is 48.1 Å². The van der Waals surface area contributed by atoms with E-state index in [-0.39, 0.29) is 11.8 Å². The SMILES string of the molecule is O=C(/C=C/c1cccs1)NCC1CCN(C(=O)c2cccnc2)CC1. The summed E-state index contributed by atoms with van der Waals surface area (Å²) < 4.78 is 0. The lowest BCUT2D eigenvalue weighted by Gasteiger charge is -2.32. The van der Waals surface area contributed by atoms with Gasteiger partial charge < -0.3 is 10.2 Å². The topological polar surface area (TPSA) is 62.3 Å². The van der Waals surface area contributed by atoms with Gasteiger partial charge in [0.2, 0.25) is 5.91 Å². The number of carbonyl (C=O) groups excluding carboxylic acids is 2. The second-order valence-corrected chi connectivity index (χ2v) is 7.05. The molecule has 1 aliphatic heterocycles. The molecule has 0 radical (unpaired) electrons. The van der Waals surface area contributed by atoms with Crippen LogP contribution in [0.5, 0.6) is 0 Å². The number of rotatable bonds is 5. The molecule has 2 aromatic rings. The first-order valence-corrected chi connectivity index (χ1v) is 9.29. The molecular formula is C19H21N3O2S. The zero-order valence-corrected chi connectivity index (χ0v) is 14.7. The van der Waals surface area contributed by atoms with Crippen LogP contribution in [0.1, 0.15) is 28.1 Å². The van der Waals surface area contributed by atoms with Gasteiger partial charge in [0, 0.05) is 43.0 Å².